The van der Waals surface area contributed by atoms with Crippen LogP contribution in [0.4, 0.5) is 10.1 Å². The van der Waals surface area contributed by atoms with Crippen LogP contribution in [0.1, 0.15) is 22.4 Å². The van der Waals surface area contributed by atoms with E-state index in [1.54, 1.807) is 17.5 Å². The number of aryl methyl sites for hydroxylation is 3. The zero-order chi connectivity index (χ0) is 21.0. The van der Waals surface area contributed by atoms with Gasteiger partial charge in [-0.05, 0) is 44.0 Å². The number of hydrogen-bond acceptors (Lipinski definition) is 4. The molecule has 0 radical (unpaired) electrons. The molecule has 0 aliphatic rings. The maximum Gasteiger partial charge on any atom is 0.243 e. The summed E-state index contributed by atoms with van der Waals surface area (Å²) in [6.45, 7) is 5.76. The van der Waals surface area contributed by atoms with Crippen LogP contribution in [0.2, 0.25) is 0 Å². The van der Waals surface area contributed by atoms with Gasteiger partial charge >= 0.3 is 0 Å². The van der Waals surface area contributed by atoms with Gasteiger partial charge in [-0.15, -0.1) is 11.3 Å². The highest BCUT2D eigenvalue weighted by Gasteiger charge is 2.12. The van der Waals surface area contributed by atoms with E-state index in [-0.39, 0.29) is 30.6 Å². The summed E-state index contributed by atoms with van der Waals surface area (Å²) in [5, 5.41) is 7.88. The Kier molecular flexibility index (Phi) is 6.39. The molecular weight excluding hydrogens is 389 g/mol. The minimum atomic E-state index is -0.331. The van der Waals surface area contributed by atoms with Crippen LogP contribution >= 0.6 is 11.3 Å². The van der Waals surface area contributed by atoms with Crippen molar-refractivity contribution < 1.29 is 14.0 Å². The summed E-state index contributed by atoms with van der Waals surface area (Å²) in [5.41, 5.74) is 5.12. The number of nitrogens with zero attached hydrogens (tertiary/aromatic N) is 1. The fourth-order valence-corrected chi connectivity index (χ4v) is 3.93. The number of nitrogens with one attached hydrogen (secondary N) is 2. The first kappa shape index (κ1) is 20.7. The molecule has 150 valence electrons. The minimum Gasteiger partial charge on any atom is -0.347 e. The van der Waals surface area contributed by atoms with Gasteiger partial charge in [-0.2, -0.15) is 0 Å². The molecule has 0 aliphatic heterocycles. The van der Waals surface area contributed by atoms with Crippen LogP contribution in [0.25, 0.3) is 10.6 Å². The fourth-order valence-electron chi connectivity index (χ4n) is 3.11. The number of anilines is 1. The Bertz CT molecular complexity index is 1040. The predicted molar refractivity (Wildman–Crippen MR) is 114 cm³/mol. The molecule has 0 saturated heterocycles. The second-order valence-electron chi connectivity index (χ2n) is 6.93. The number of carbonyl (C=O) groups excluding carboxylic acids is 2. The zero-order valence-corrected chi connectivity index (χ0v) is 17.3. The van der Waals surface area contributed by atoms with Crippen LogP contribution in [0.3, 0.4) is 0 Å². The van der Waals surface area contributed by atoms with Gasteiger partial charge < -0.3 is 10.6 Å². The molecule has 7 heteroatoms. The summed E-state index contributed by atoms with van der Waals surface area (Å²) in [4.78, 5) is 28.7. The van der Waals surface area contributed by atoms with Crippen molar-refractivity contribution in [3.8, 4) is 10.6 Å². The van der Waals surface area contributed by atoms with Gasteiger partial charge in [0.25, 0.3) is 0 Å². The van der Waals surface area contributed by atoms with E-state index in [1.807, 2.05) is 32.9 Å². The van der Waals surface area contributed by atoms with Crippen LogP contribution in [0.5, 0.6) is 0 Å². The van der Waals surface area contributed by atoms with E-state index in [0.29, 0.717) is 16.3 Å². The molecular formula is C22H22FN3O2S. The molecule has 3 aromatic rings. The molecule has 0 atom stereocenters. The summed E-state index contributed by atoms with van der Waals surface area (Å²) >= 11 is 1.35. The Hall–Kier alpha value is -3.06. The first-order chi connectivity index (χ1) is 13.8. The lowest BCUT2D eigenvalue weighted by molar-refractivity contribution is -0.123. The Morgan fingerprint density at radius 2 is 1.79 bits per heavy atom. The first-order valence-corrected chi connectivity index (χ1v) is 10.0. The molecule has 0 fully saturated rings. The van der Waals surface area contributed by atoms with Crippen LogP contribution in [-0.2, 0) is 16.0 Å². The highest BCUT2D eigenvalue weighted by molar-refractivity contribution is 7.13. The lowest BCUT2D eigenvalue weighted by Crippen LogP contribution is -2.34. The van der Waals surface area contributed by atoms with E-state index < -0.39 is 0 Å². The van der Waals surface area contributed by atoms with Crippen molar-refractivity contribution >= 4 is 28.8 Å². The molecule has 2 N–H and O–H groups in total. The third-order valence-electron chi connectivity index (χ3n) is 4.35. The van der Waals surface area contributed by atoms with Gasteiger partial charge in [-0.1, -0.05) is 29.8 Å². The quantitative estimate of drug-likeness (QED) is 0.639. The Morgan fingerprint density at radius 3 is 2.48 bits per heavy atom. The molecule has 3 rings (SSSR count). The number of hydrogen-bond donors (Lipinski definition) is 2. The third-order valence-corrected chi connectivity index (χ3v) is 5.29. The van der Waals surface area contributed by atoms with Crippen LogP contribution in [-0.4, -0.2) is 23.3 Å². The van der Waals surface area contributed by atoms with Gasteiger partial charge in [0, 0.05) is 16.6 Å². The summed E-state index contributed by atoms with van der Waals surface area (Å²) in [6, 6.07) is 10.2. The number of halogens is 1. The van der Waals surface area contributed by atoms with E-state index in [1.165, 1.54) is 23.5 Å². The second kappa shape index (κ2) is 8.96. The van der Waals surface area contributed by atoms with E-state index in [2.05, 4.69) is 15.6 Å². The smallest absolute Gasteiger partial charge is 0.243 e. The topological polar surface area (TPSA) is 71.1 Å². The highest BCUT2D eigenvalue weighted by atomic mass is 32.1. The number of aromatic nitrogens is 1. The normalized spacial score (nSPS) is 10.6. The van der Waals surface area contributed by atoms with Crippen molar-refractivity contribution in [3.05, 3.63) is 70.0 Å². The Labute approximate surface area is 173 Å². The molecule has 2 aromatic carbocycles. The molecule has 0 unspecified atom stereocenters. The van der Waals surface area contributed by atoms with Crippen molar-refractivity contribution in [1.29, 1.82) is 0 Å². The second-order valence-corrected chi connectivity index (χ2v) is 7.79. The standard InChI is InChI=1S/C22H22FN3O2S/c1-13-7-14(2)21(15(3)8-13)26-20(28)11-24-19(27)10-18-12-29-22(25-18)16-5-4-6-17(23)9-16/h4-9,12H,10-11H2,1-3H3,(H,24,27)(H,26,28). The van der Waals surface area contributed by atoms with Crippen LogP contribution < -0.4 is 10.6 Å². The monoisotopic (exact) mass is 411 g/mol. The van der Waals surface area contributed by atoms with Gasteiger partial charge in [-0.25, -0.2) is 9.37 Å². The molecule has 5 nitrogen and oxygen atoms in total. The lowest BCUT2D eigenvalue weighted by Gasteiger charge is -2.13. The van der Waals surface area contributed by atoms with Gasteiger partial charge in [0.1, 0.15) is 10.8 Å². The molecule has 0 saturated carbocycles. The number of thiazole rings is 1. The maximum atomic E-state index is 13.3. The van der Waals surface area contributed by atoms with Gasteiger partial charge in [0.15, 0.2) is 0 Å². The fraction of sp³-hybridized carbons (Fsp3) is 0.227. The molecule has 0 spiro atoms. The maximum absolute atomic E-state index is 13.3. The molecule has 2 amide bonds. The highest BCUT2D eigenvalue weighted by Crippen LogP contribution is 2.24. The largest absolute Gasteiger partial charge is 0.347 e. The first-order valence-electron chi connectivity index (χ1n) is 9.16. The van der Waals surface area contributed by atoms with Crippen LogP contribution in [0.15, 0.2) is 41.8 Å². The number of benzene rings is 2. The van der Waals surface area contributed by atoms with Crippen LogP contribution in [0, 0.1) is 26.6 Å². The number of rotatable bonds is 6. The number of carbonyl (C=O) groups is 2. The Balaban J connectivity index is 1.53. The van der Waals surface area contributed by atoms with Gasteiger partial charge in [0.05, 0.1) is 18.7 Å². The van der Waals surface area contributed by atoms with E-state index in [9.17, 15) is 14.0 Å². The van der Waals surface area contributed by atoms with Crippen molar-refractivity contribution in [1.82, 2.24) is 10.3 Å². The van der Waals surface area contributed by atoms with Crippen molar-refractivity contribution in [2.24, 2.45) is 0 Å². The molecule has 1 heterocycles. The number of amides is 2. The van der Waals surface area contributed by atoms with Gasteiger partial charge in [-0.3, -0.25) is 9.59 Å². The third kappa shape index (κ3) is 5.48. The molecule has 29 heavy (non-hydrogen) atoms. The van der Waals surface area contributed by atoms with Gasteiger partial charge in [0.2, 0.25) is 11.8 Å². The molecule has 1 aromatic heterocycles. The summed E-state index contributed by atoms with van der Waals surface area (Å²) in [5.74, 6) is -0.914. The van der Waals surface area contributed by atoms with Crippen molar-refractivity contribution in [2.75, 3.05) is 11.9 Å². The van der Waals surface area contributed by atoms with E-state index in [0.717, 1.165) is 22.4 Å². The van der Waals surface area contributed by atoms with Crippen molar-refractivity contribution in [3.63, 3.8) is 0 Å². The average molecular weight is 412 g/mol. The summed E-state index contributed by atoms with van der Waals surface area (Å²) < 4.78 is 13.3. The lowest BCUT2D eigenvalue weighted by atomic mass is 10.1. The molecule has 0 aliphatic carbocycles. The van der Waals surface area contributed by atoms with E-state index >= 15 is 0 Å². The molecule has 0 bridgehead atoms. The minimum absolute atomic E-state index is 0.0572. The predicted octanol–water partition coefficient (Wildman–Crippen LogP) is 4.17. The SMILES string of the molecule is Cc1cc(C)c(NC(=O)CNC(=O)Cc2csc(-c3cccc(F)c3)n2)c(C)c1. The average Bonchev–Trinajstić information content (AvgIpc) is 3.11. The zero-order valence-electron chi connectivity index (χ0n) is 16.5. The summed E-state index contributed by atoms with van der Waals surface area (Å²) in [6.07, 6.45) is 0.0572. The Morgan fingerprint density at radius 1 is 1.07 bits per heavy atom. The van der Waals surface area contributed by atoms with E-state index in [4.69, 9.17) is 0 Å². The summed E-state index contributed by atoms with van der Waals surface area (Å²) in [7, 11) is 0. The van der Waals surface area contributed by atoms with Crippen molar-refractivity contribution in [2.45, 2.75) is 27.2 Å².